The highest BCUT2D eigenvalue weighted by Crippen LogP contribution is 2.40. The first-order valence-corrected chi connectivity index (χ1v) is 7.00. The van der Waals surface area contributed by atoms with E-state index in [-0.39, 0.29) is 12.7 Å². The van der Waals surface area contributed by atoms with Gasteiger partial charge in [-0.2, -0.15) is 0 Å². The van der Waals surface area contributed by atoms with Gasteiger partial charge >= 0.3 is 5.97 Å². The van der Waals surface area contributed by atoms with Gasteiger partial charge in [0.15, 0.2) is 11.5 Å². The largest absolute Gasteiger partial charge is 0.480 e. The molecule has 0 radical (unpaired) electrons. The highest BCUT2D eigenvalue weighted by atomic mass is 79.9. The molecule has 1 amide bonds. The van der Waals surface area contributed by atoms with Crippen LogP contribution in [0.5, 0.6) is 11.5 Å². The third-order valence-electron chi connectivity index (χ3n) is 3.47. The molecule has 1 saturated heterocycles. The zero-order valence-electron chi connectivity index (χ0n) is 10.5. The van der Waals surface area contributed by atoms with Crippen molar-refractivity contribution in [3.63, 3.8) is 0 Å². The second-order valence-electron chi connectivity index (χ2n) is 4.69. The number of fused-ring (bicyclic) bond motifs is 1. The van der Waals surface area contributed by atoms with Gasteiger partial charge in [0.25, 0.3) is 5.91 Å². The summed E-state index contributed by atoms with van der Waals surface area (Å²) >= 11 is 3.33. The zero-order chi connectivity index (χ0) is 14.3. The van der Waals surface area contributed by atoms with Gasteiger partial charge in [-0.05, 0) is 40.9 Å². The Kier molecular flexibility index (Phi) is 3.29. The molecule has 0 aliphatic carbocycles. The summed E-state index contributed by atoms with van der Waals surface area (Å²) in [4.78, 5) is 25.0. The Balaban J connectivity index is 1.91. The van der Waals surface area contributed by atoms with Gasteiger partial charge in [-0.1, -0.05) is 0 Å². The second kappa shape index (κ2) is 4.97. The van der Waals surface area contributed by atoms with Crippen molar-refractivity contribution in [1.82, 2.24) is 4.90 Å². The summed E-state index contributed by atoms with van der Waals surface area (Å²) in [5, 5.41) is 9.14. The van der Waals surface area contributed by atoms with Gasteiger partial charge in [0, 0.05) is 12.1 Å². The van der Waals surface area contributed by atoms with E-state index in [0.717, 1.165) is 0 Å². The number of carboxylic acid groups (broad SMARTS) is 1. The average molecular weight is 342 g/mol. The fourth-order valence-corrected chi connectivity index (χ4v) is 3.08. The summed E-state index contributed by atoms with van der Waals surface area (Å²) in [7, 11) is 0. The molecule has 3 rings (SSSR count). The van der Waals surface area contributed by atoms with E-state index in [1.54, 1.807) is 12.1 Å². The number of carbonyl (C=O) groups is 2. The molecule has 1 aromatic rings. The average Bonchev–Trinajstić information content (AvgIpc) is 3.06. The number of nitrogens with zero attached hydrogens (tertiary/aromatic N) is 1. The first-order valence-electron chi connectivity index (χ1n) is 6.21. The smallest absolute Gasteiger partial charge is 0.326 e. The predicted molar refractivity (Wildman–Crippen MR) is 72.0 cm³/mol. The molecule has 1 aromatic carbocycles. The Morgan fingerprint density at radius 1 is 1.35 bits per heavy atom. The summed E-state index contributed by atoms with van der Waals surface area (Å²) in [6.45, 7) is 0.578. The molecule has 6 nitrogen and oxygen atoms in total. The molecule has 0 aromatic heterocycles. The number of carboxylic acids is 1. The minimum atomic E-state index is -0.962. The van der Waals surface area contributed by atoms with E-state index >= 15 is 0 Å². The molecular weight excluding hydrogens is 330 g/mol. The molecule has 1 fully saturated rings. The van der Waals surface area contributed by atoms with Gasteiger partial charge in [-0.15, -0.1) is 0 Å². The number of aliphatic carboxylic acids is 1. The van der Waals surface area contributed by atoms with Gasteiger partial charge in [-0.3, -0.25) is 4.79 Å². The molecule has 0 saturated carbocycles. The van der Waals surface area contributed by atoms with Gasteiger partial charge in [0.2, 0.25) is 6.79 Å². The minimum Gasteiger partial charge on any atom is -0.480 e. The molecule has 0 bridgehead atoms. The molecule has 2 heterocycles. The molecular formula is C13H12BrNO5. The summed E-state index contributed by atoms with van der Waals surface area (Å²) in [5.74, 6) is -0.198. The summed E-state index contributed by atoms with van der Waals surface area (Å²) in [5.41, 5.74) is 0.397. The first-order chi connectivity index (χ1) is 9.58. The van der Waals surface area contributed by atoms with Crippen LogP contribution in [0.15, 0.2) is 16.6 Å². The Morgan fingerprint density at radius 3 is 2.90 bits per heavy atom. The van der Waals surface area contributed by atoms with Crippen LogP contribution >= 0.6 is 15.9 Å². The molecule has 1 N–H and O–H groups in total. The Labute approximate surface area is 123 Å². The van der Waals surface area contributed by atoms with Crippen molar-refractivity contribution in [2.24, 2.45) is 0 Å². The van der Waals surface area contributed by atoms with Crippen LogP contribution in [-0.4, -0.2) is 41.3 Å². The zero-order valence-corrected chi connectivity index (χ0v) is 12.1. The summed E-state index contributed by atoms with van der Waals surface area (Å²) < 4.78 is 11.2. The van der Waals surface area contributed by atoms with E-state index < -0.39 is 12.0 Å². The molecule has 2 aliphatic heterocycles. The molecule has 0 unspecified atom stereocenters. The van der Waals surface area contributed by atoms with Crippen molar-refractivity contribution in [2.75, 3.05) is 13.3 Å². The minimum absolute atomic E-state index is 0.118. The summed E-state index contributed by atoms with van der Waals surface area (Å²) in [6, 6.07) is 2.48. The highest BCUT2D eigenvalue weighted by molar-refractivity contribution is 9.10. The van der Waals surface area contributed by atoms with Crippen molar-refractivity contribution in [2.45, 2.75) is 18.9 Å². The van der Waals surface area contributed by atoms with E-state index in [9.17, 15) is 9.59 Å². The number of halogens is 1. The maximum atomic E-state index is 12.5. The lowest BCUT2D eigenvalue weighted by Gasteiger charge is -2.21. The number of hydrogen-bond donors (Lipinski definition) is 1. The number of amides is 1. The molecule has 2 aliphatic rings. The fourth-order valence-electron chi connectivity index (χ4n) is 2.52. The van der Waals surface area contributed by atoms with Crippen LogP contribution in [0, 0.1) is 0 Å². The Morgan fingerprint density at radius 2 is 2.15 bits per heavy atom. The van der Waals surface area contributed by atoms with Gasteiger partial charge in [0.05, 0.1) is 4.47 Å². The molecule has 7 heteroatoms. The van der Waals surface area contributed by atoms with Crippen LogP contribution in [0.25, 0.3) is 0 Å². The quantitative estimate of drug-likeness (QED) is 0.888. The molecule has 0 spiro atoms. The van der Waals surface area contributed by atoms with E-state index in [0.29, 0.717) is 40.9 Å². The van der Waals surface area contributed by atoms with Crippen LogP contribution in [0.2, 0.25) is 0 Å². The van der Waals surface area contributed by atoms with Gasteiger partial charge < -0.3 is 19.5 Å². The predicted octanol–water partition coefficient (Wildman–Crippen LogP) is 1.87. The van der Waals surface area contributed by atoms with Gasteiger partial charge in [0.1, 0.15) is 6.04 Å². The Bertz CT molecular complexity index is 588. The van der Waals surface area contributed by atoms with Crippen molar-refractivity contribution in [3.8, 4) is 11.5 Å². The number of rotatable bonds is 2. The van der Waals surface area contributed by atoms with Crippen LogP contribution in [-0.2, 0) is 4.79 Å². The third-order valence-corrected chi connectivity index (χ3v) is 4.06. The Hall–Kier alpha value is -1.76. The molecule has 1 atom stereocenters. The van der Waals surface area contributed by atoms with E-state index in [4.69, 9.17) is 14.6 Å². The number of carbonyl (C=O) groups excluding carboxylic acids is 1. The van der Waals surface area contributed by atoms with Crippen molar-refractivity contribution in [3.05, 3.63) is 22.2 Å². The van der Waals surface area contributed by atoms with Crippen molar-refractivity contribution >= 4 is 27.8 Å². The van der Waals surface area contributed by atoms with Crippen LogP contribution in [0.4, 0.5) is 0 Å². The number of benzene rings is 1. The van der Waals surface area contributed by atoms with Gasteiger partial charge in [-0.25, -0.2) is 4.79 Å². The topological polar surface area (TPSA) is 76.1 Å². The third kappa shape index (κ3) is 2.11. The van der Waals surface area contributed by atoms with E-state index in [2.05, 4.69) is 15.9 Å². The van der Waals surface area contributed by atoms with Crippen molar-refractivity contribution in [1.29, 1.82) is 0 Å². The lowest BCUT2D eigenvalue weighted by atomic mass is 10.1. The van der Waals surface area contributed by atoms with E-state index in [1.165, 1.54) is 4.90 Å². The lowest BCUT2D eigenvalue weighted by Crippen LogP contribution is -2.40. The van der Waals surface area contributed by atoms with E-state index in [1.807, 2.05) is 0 Å². The fraction of sp³-hybridized carbons (Fsp3) is 0.385. The normalized spacial score (nSPS) is 20.2. The standard InChI is InChI=1S/C13H12BrNO5/c14-8-4-7(5-10-11(8)20-6-19-10)12(16)15-3-1-2-9(15)13(17)18/h4-5,9H,1-3,6H2,(H,17,18)/t9-/m1/s1. The highest BCUT2D eigenvalue weighted by Gasteiger charge is 2.35. The second-order valence-corrected chi connectivity index (χ2v) is 5.54. The monoisotopic (exact) mass is 341 g/mol. The van der Waals surface area contributed by atoms with Crippen LogP contribution in [0.1, 0.15) is 23.2 Å². The van der Waals surface area contributed by atoms with Crippen LogP contribution < -0.4 is 9.47 Å². The maximum Gasteiger partial charge on any atom is 0.326 e. The number of ether oxygens (including phenoxy) is 2. The SMILES string of the molecule is O=C(O)[C@H]1CCCN1C(=O)c1cc(Br)c2c(c1)OCO2. The maximum absolute atomic E-state index is 12.5. The van der Waals surface area contributed by atoms with Crippen molar-refractivity contribution < 1.29 is 24.2 Å². The lowest BCUT2D eigenvalue weighted by molar-refractivity contribution is -0.141. The summed E-state index contributed by atoms with van der Waals surface area (Å²) in [6.07, 6.45) is 1.20. The number of hydrogen-bond acceptors (Lipinski definition) is 4. The molecule has 106 valence electrons. The van der Waals surface area contributed by atoms with Crippen LogP contribution in [0.3, 0.4) is 0 Å². The molecule has 20 heavy (non-hydrogen) atoms. The first kappa shape index (κ1) is 13.2. The number of likely N-dealkylation sites (tertiary alicyclic amines) is 1.